The van der Waals surface area contributed by atoms with Crippen LogP contribution < -0.4 is 11.1 Å². The summed E-state index contributed by atoms with van der Waals surface area (Å²) in [6.45, 7) is 1.83. The normalized spacial score (nSPS) is 14.9. The molecule has 1 heterocycles. The monoisotopic (exact) mass is 469 g/mol. The third-order valence-electron chi connectivity index (χ3n) is 5.56. The van der Waals surface area contributed by atoms with E-state index in [4.69, 9.17) is 17.3 Å². The number of nitrogens with two attached hydrogens (primary N) is 1. The summed E-state index contributed by atoms with van der Waals surface area (Å²) in [4.78, 5) is 24.0. The molecule has 1 aromatic heterocycles. The Morgan fingerprint density at radius 1 is 1.12 bits per heavy atom. The van der Waals surface area contributed by atoms with Crippen molar-refractivity contribution in [2.75, 3.05) is 5.32 Å². The first-order valence-corrected chi connectivity index (χ1v) is 11.8. The summed E-state index contributed by atoms with van der Waals surface area (Å²) in [5.41, 5.74) is 7.09. The zero-order valence-electron chi connectivity index (χ0n) is 17.6. The number of hydrogen-bond acceptors (Lipinski definition) is 5. The highest BCUT2D eigenvalue weighted by molar-refractivity contribution is 8.00. The van der Waals surface area contributed by atoms with Crippen LogP contribution in [0.25, 0.3) is 11.4 Å². The smallest absolute Gasteiger partial charge is 0.248 e. The van der Waals surface area contributed by atoms with Crippen LogP contribution in [-0.2, 0) is 4.79 Å². The van der Waals surface area contributed by atoms with Gasteiger partial charge in [-0.3, -0.25) is 14.2 Å². The molecular formula is C23H24ClN5O2S. The first-order valence-electron chi connectivity index (χ1n) is 10.5. The van der Waals surface area contributed by atoms with E-state index in [0.717, 1.165) is 37.1 Å². The number of hydrogen-bond donors (Lipinski definition) is 2. The van der Waals surface area contributed by atoms with Crippen molar-refractivity contribution in [1.82, 2.24) is 14.8 Å². The van der Waals surface area contributed by atoms with Gasteiger partial charge in [0.05, 0.1) is 10.3 Å². The number of primary amides is 1. The zero-order valence-corrected chi connectivity index (χ0v) is 19.2. The van der Waals surface area contributed by atoms with Crippen LogP contribution in [0.2, 0.25) is 5.02 Å². The summed E-state index contributed by atoms with van der Waals surface area (Å²) in [6.07, 6.45) is 4.42. The molecule has 2 aromatic carbocycles. The maximum Gasteiger partial charge on any atom is 0.248 e. The quantitative estimate of drug-likeness (QED) is 0.477. The molecule has 1 aliphatic carbocycles. The van der Waals surface area contributed by atoms with Crippen molar-refractivity contribution in [3.8, 4) is 11.4 Å². The molecule has 0 spiro atoms. The van der Waals surface area contributed by atoms with Crippen molar-refractivity contribution >= 4 is 40.9 Å². The van der Waals surface area contributed by atoms with Crippen molar-refractivity contribution in [1.29, 1.82) is 0 Å². The molecule has 7 nitrogen and oxygen atoms in total. The number of thioether (sulfide) groups is 1. The van der Waals surface area contributed by atoms with Crippen LogP contribution in [0.4, 0.5) is 5.69 Å². The van der Waals surface area contributed by atoms with Gasteiger partial charge < -0.3 is 11.1 Å². The first kappa shape index (κ1) is 22.4. The third-order valence-corrected chi connectivity index (χ3v) is 6.94. The Kier molecular flexibility index (Phi) is 6.81. The van der Waals surface area contributed by atoms with Gasteiger partial charge in [-0.1, -0.05) is 48.3 Å². The summed E-state index contributed by atoms with van der Waals surface area (Å²) in [5, 5.41) is 12.7. The maximum atomic E-state index is 12.8. The minimum atomic E-state index is -0.507. The van der Waals surface area contributed by atoms with Crippen LogP contribution in [0, 0.1) is 0 Å². The van der Waals surface area contributed by atoms with Crippen molar-refractivity contribution in [2.24, 2.45) is 5.73 Å². The van der Waals surface area contributed by atoms with Gasteiger partial charge in [0.15, 0.2) is 11.0 Å². The summed E-state index contributed by atoms with van der Waals surface area (Å²) in [7, 11) is 0. The molecule has 0 radical (unpaired) electrons. The molecule has 4 rings (SSSR count). The molecule has 0 bridgehead atoms. The average Bonchev–Trinajstić information content (AvgIpc) is 3.44. The van der Waals surface area contributed by atoms with Crippen molar-refractivity contribution < 1.29 is 9.59 Å². The second-order valence-electron chi connectivity index (χ2n) is 7.79. The Labute approximate surface area is 195 Å². The average molecular weight is 470 g/mol. The van der Waals surface area contributed by atoms with E-state index in [-0.39, 0.29) is 11.9 Å². The summed E-state index contributed by atoms with van der Waals surface area (Å²) in [6, 6.07) is 14.4. The lowest BCUT2D eigenvalue weighted by atomic mass is 10.2. The molecule has 1 unspecified atom stereocenters. The van der Waals surface area contributed by atoms with Gasteiger partial charge in [0.25, 0.3) is 0 Å². The molecule has 2 amide bonds. The Bertz CT molecular complexity index is 1130. The van der Waals surface area contributed by atoms with E-state index in [1.165, 1.54) is 11.8 Å². The van der Waals surface area contributed by atoms with E-state index in [1.54, 1.807) is 24.3 Å². The third kappa shape index (κ3) is 4.81. The van der Waals surface area contributed by atoms with Gasteiger partial charge in [0.2, 0.25) is 11.8 Å². The summed E-state index contributed by atoms with van der Waals surface area (Å²) >= 11 is 7.82. The molecule has 32 heavy (non-hydrogen) atoms. The van der Waals surface area contributed by atoms with Crippen molar-refractivity contribution in [2.45, 2.75) is 49.1 Å². The SMILES string of the molecule is CC(Sc1nnc(-c2ccccc2Cl)n1C1CCCC1)C(=O)Nc1ccc(C(N)=O)cc1. The fraction of sp³-hybridized carbons (Fsp3) is 0.304. The molecule has 1 saturated carbocycles. The van der Waals surface area contributed by atoms with Gasteiger partial charge >= 0.3 is 0 Å². The van der Waals surface area contributed by atoms with E-state index in [1.807, 2.05) is 31.2 Å². The highest BCUT2D eigenvalue weighted by Crippen LogP contribution is 2.39. The minimum Gasteiger partial charge on any atom is -0.366 e. The van der Waals surface area contributed by atoms with Crippen LogP contribution in [0.1, 0.15) is 49.0 Å². The number of nitrogens with zero attached hydrogens (tertiary/aromatic N) is 3. The largest absolute Gasteiger partial charge is 0.366 e. The van der Waals surface area contributed by atoms with Crippen molar-refractivity contribution in [3.05, 3.63) is 59.1 Å². The predicted octanol–water partition coefficient (Wildman–Crippen LogP) is 4.93. The number of nitrogens with one attached hydrogen (secondary N) is 1. The van der Waals surface area contributed by atoms with E-state index in [2.05, 4.69) is 20.1 Å². The molecule has 1 aliphatic rings. The van der Waals surface area contributed by atoms with E-state index in [0.29, 0.717) is 21.4 Å². The van der Waals surface area contributed by atoms with Crippen LogP contribution in [0.5, 0.6) is 0 Å². The van der Waals surface area contributed by atoms with Crippen LogP contribution >= 0.6 is 23.4 Å². The molecule has 166 valence electrons. The fourth-order valence-corrected chi connectivity index (χ4v) is 4.99. The van der Waals surface area contributed by atoms with E-state index in [9.17, 15) is 9.59 Å². The van der Waals surface area contributed by atoms with Crippen molar-refractivity contribution in [3.63, 3.8) is 0 Å². The Balaban J connectivity index is 1.54. The highest BCUT2D eigenvalue weighted by atomic mass is 35.5. The first-order chi connectivity index (χ1) is 15.4. The number of carbonyl (C=O) groups excluding carboxylic acids is 2. The van der Waals surface area contributed by atoms with Crippen LogP contribution in [0.3, 0.4) is 0 Å². The number of anilines is 1. The summed E-state index contributed by atoms with van der Waals surface area (Å²) < 4.78 is 2.14. The van der Waals surface area contributed by atoms with E-state index < -0.39 is 11.2 Å². The number of aromatic nitrogens is 3. The lowest BCUT2D eigenvalue weighted by molar-refractivity contribution is -0.115. The highest BCUT2D eigenvalue weighted by Gasteiger charge is 2.28. The number of halogens is 1. The molecule has 9 heteroatoms. The van der Waals surface area contributed by atoms with Crippen LogP contribution in [0.15, 0.2) is 53.7 Å². The Hall–Kier alpha value is -2.84. The maximum absolute atomic E-state index is 12.8. The van der Waals surface area contributed by atoms with Gasteiger partial charge in [-0.25, -0.2) is 0 Å². The second-order valence-corrected chi connectivity index (χ2v) is 9.50. The van der Waals surface area contributed by atoms with Crippen LogP contribution in [-0.4, -0.2) is 31.8 Å². The standard InChI is InChI=1S/C23H24ClN5O2S/c1-14(22(31)26-16-12-10-15(11-13-16)20(25)30)32-23-28-27-21(18-8-4-5-9-19(18)24)29(23)17-6-2-3-7-17/h4-5,8-14,17H,2-3,6-7H2,1H3,(H2,25,30)(H,26,31). The fourth-order valence-electron chi connectivity index (χ4n) is 3.85. The number of rotatable bonds is 7. The molecule has 3 aromatic rings. The number of benzene rings is 2. The minimum absolute atomic E-state index is 0.165. The van der Waals surface area contributed by atoms with Gasteiger partial charge in [0.1, 0.15) is 0 Å². The summed E-state index contributed by atoms with van der Waals surface area (Å²) in [5.74, 6) is 0.0640. The molecule has 1 fully saturated rings. The Morgan fingerprint density at radius 3 is 2.47 bits per heavy atom. The lowest BCUT2D eigenvalue weighted by Crippen LogP contribution is -2.23. The lowest BCUT2D eigenvalue weighted by Gasteiger charge is -2.19. The topological polar surface area (TPSA) is 103 Å². The van der Waals surface area contributed by atoms with Gasteiger partial charge in [-0.05, 0) is 56.2 Å². The second kappa shape index (κ2) is 9.75. The number of carbonyl (C=O) groups is 2. The Morgan fingerprint density at radius 2 is 1.81 bits per heavy atom. The van der Waals surface area contributed by atoms with Gasteiger partial charge in [0, 0.05) is 22.9 Å². The molecule has 0 aliphatic heterocycles. The molecule has 1 atom stereocenters. The molecular weight excluding hydrogens is 446 g/mol. The number of amides is 2. The predicted molar refractivity (Wildman–Crippen MR) is 127 cm³/mol. The molecule has 3 N–H and O–H groups in total. The van der Waals surface area contributed by atoms with E-state index >= 15 is 0 Å². The van der Waals surface area contributed by atoms with Gasteiger partial charge in [-0.2, -0.15) is 0 Å². The zero-order chi connectivity index (χ0) is 22.7. The molecule has 0 saturated heterocycles. The van der Waals surface area contributed by atoms with Gasteiger partial charge in [-0.15, -0.1) is 10.2 Å².